The van der Waals surface area contributed by atoms with Crippen LogP contribution in [0.3, 0.4) is 0 Å². The molecule has 1 fully saturated rings. The van der Waals surface area contributed by atoms with E-state index in [1.165, 1.54) is 11.0 Å². The number of likely N-dealkylation sites (tertiary alicyclic amines) is 1. The fourth-order valence-corrected chi connectivity index (χ4v) is 6.04. The molecule has 0 amide bonds. The van der Waals surface area contributed by atoms with Gasteiger partial charge in [0.1, 0.15) is 11.1 Å². The maximum Gasteiger partial charge on any atom is 0.332 e. The molecular formula is C31H40N6O2S. The van der Waals surface area contributed by atoms with Crippen LogP contribution in [0.15, 0.2) is 57.6 Å². The number of piperidine rings is 1. The van der Waals surface area contributed by atoms with Crippen molar-refractivity contribution < 1.29 is 0 Å². The van der Waals surface area contributed by atoms with Gasteiger partial charge in [0.15, 0.2) is 5.65 Å². The zero-order chi connectivity index (χ0) is 28.4. The summed E-state index contributed by atoms with van der Waals surface area (Å²) >= 11 is 4.56. The average Bonchev–Trinajstić information content (AvgIpc) is 3.53. The number of thiol groups is 1. The van der Waals surface area contributed by atoms with E-state index in [4.69, 9.17) is 5.10 Å². The van der Waals surface area contributed by atoms with Gasteiger partial charge in [0.2, 0.25) is 0 Å². The molecule has 4 aromatic rings. The summed E-state index contributed by atoms with van der Waals surface area (Å²) in [7, 11) is 1.97. The zero-order valence-electron chi connectivity index (χ0n) is 24.0. The molecule has 3 aromatic heterocycles. The second-order valence-corrected chi connectivity index (χ2v) is 11.6. The molecule has 1 aromatic carbocycles. The van der Waals surface area contributed by atoms with Crippen molar-refractivity contribution in [2.75, 3.05) is 19.6 Å². The van der Waals surface area contributed by atoms with Gasteiger partial charge in [-0.2, -0.15) is 17.7 Å². The molecule has 5 rings (SSSR count). The van der Waals surface area contributed by atoms with Crippen LogP contribution in [-0.2, 0) is 26.7 Å². The van der Waals surface area contributed by atoms with Gasteiger partial charge in [0.05, 0.1) is 12.2 Å². The van der Waals surface area contributed by atoms with Crippen LogP contribution in [0.25, 0.3) is 28.0 Å². The van der Waals surface area contributed by atoms with Gasteiger partial charge in [0.25, 0.3) is 5.56 Å². The molecule has 0 N–H and O–H groups in total. The van der Waals surface area contributed by atoms with Gasteiger partial charge in [0, 0.05) is 32.9 Å². The van der Waals surface area contributed by atoms with Crippen molar-refractivity contribution >= 4 is 29.2 Å². The molecule has 9 heteroatoms. The summed E-state index contributed by atoms with van der Waals surface area (Å²) in [5.74, 6) is 0.206. The van der Waals surface area contributed by atoms with E-state index in [1.54, 1.807) is 4.57 Å². The Morgan fingerprint density at radius 1 is 1.02 bits per heavy atom. The average molecular weight is 561 g/mol. The van der Waals surface area contributed by atoms with E-state index < -0.39 is 0 Å². The van der Waals surface area contributed by atoms with Crippen LogP contribution in [0.4, 0.5) is 0 Å². The van der Waals surface area contributed by atoms with Gasteiger partial charge in [-0.3, -0.25) is 18.6 Å². The van der Waals surface area contributed by atoms with E-state index in [0.29, 0.717) is 37.2 Å². The third-order valence-corrected chi connectivity index (χ3v) is 8.21. The highest BCUT2D eigenvalue weighted by atomic mass is 32.1. The fraction of sp³-hybridized carbons (Fsp3) is 0.452. The molecule has 0 aliphatic carbocycles. The topological polar surface area (TPSA) is 70.0 Å². The molecular weight excluding hydrogens is 520 g/mol. The molecule has 1 aliphatic rings. The van der Waals surface area contributed by atoms with E-state index >= 15 is 0 Å². The Balaban J connectivity index is 1.72. The van der Waals surface area contributed by atoms with Crippen LogP contribution in [0.1, 0.15) is 44.2 Å². The predicted octanol–water partition coefficient (Wildman–Crippen LogP) is 4.79. The van der Waals surface area contributed by atoms with Crippen LogP contribution in [-0.4, -0.2) is 48.0 Å². The molecule has 4 heterocycles. The molecule has 0 spiro atoms. The van der Waals surface area contributed by atoms with Gasteiger partial charge in [-0.15, -0.1) is 0 Å². The van der Waals surface area contributed by atoms with Gasteiger partial charge in [-0.05, 0) is 73.0 Å². The Labute approximate surface area is 240 Å². The number of nitrogens with zero attached hydrogens (tertiary/aromatic N) is 6. The lowest BCUT2D eigenvalue weighted by molar-refractivity contribution is 0.218. The summed E-state index contributed by atoms with van der Waals surface area (Å²) in [6.45, 7) is 10.2. The number of rotatable bonds is 9. The molecule has 1 aliphatic heterocycles. The van der Waals surface area contributed by atoms with Gasteiger partial charge in [-0.1, -0.05) is 44.5 Å². The second-order valence-electron chi connectivity index (χ2n) is 11.3. The molecule has 0 radical (unpaired) electrons. The molecule has 1 saturated heterocycles. The maximum absolute atomic E-state index is 14.2. The number of aryl methyl sites for hydroxylation is 2. The van der Waals surface area contributed by atoms with E-state index in [1.807, 2.05) is 52.2 Å². The minimum absolute atomic E-state index is 0.206. The first-order valence-corrected chi connectivity index (χ1v) is 14.8. The van der Waals surface area contributed by atoms with Gasteiger partial charge < -0.3 is 9.47 Å². The summed E-state index contributed by atoms with van der Waals surface area (Å²) in [4.78, 5) is 30.4. The third kappa shape index (κ3) is 5.49. The smallest absolute Gasteiger partial charge is 0.332 e. The zero-order valence-corrected chi connectivity index (χ0v) is 24.9. The second kappa shape index (κ2) is 12.1. The van der Waals surface area contributed by atoms with Crippen LogP contribution in [0.5, 0.6) is 0 Å². The molecule has 0 unspecified atom stereocenters. The summed E-state index contributed by atoms with van der Waals surface area (Å²) in [6, 6.07) is 12.1. The Morgan fingerprint density at radius 3 is 2.42 bits per heavy atom. The van der Waals surface area contributed by atoms with Crippen LogP contribution in [0.2, 0.25) is 0 Å². The number of fused-ring (bicyclic) bond motifs is 1. The molecule has 0 saturated carbocycles. The SMILES string of the molecule is Cc1ccccc1/C(=C\S)Cn1nc2c(c1-c1cccn1C)c(=O)n(CCN1CCCCC1)c(=O)n2CC(C)C. The third-order valence-electron chi connectivity index (χ3n) is 7.90. The minimum Gasteiger partial charge on any atom is -0.349 e. The molecule has 212 valence electrons. The van der Waals surface area contributed by atoms with Crippen molar-refractivity contribution in [3.63, 3.8) is 0 Å². The van der Waals surface area contributed by atoms with Gasteiger partial charge >= 0.3 is 5.69 Å². The van der Waals surface area contributed by atoms with Gasteiger partial charge in [-0.25, -0.2) is 4.79 Å². The van der Waals surface area contributed by atoms with Crippen LogP contribution < -0.4 is 11.2 Å². The maximum atomic E-state index is 14.2. The Bertz CT molecular complexity index is 1650. The Kier molecular flexibility index (Phi) is 8.51. The molecule has 40 heavy (non-hydrogen) atoms. The van der Waals surface area contributed by atoms with Crippen LogP contribution in [0, 0.1) is 12.8 Å². The Hall–Kier alpha value is -3.30. The summed E-state index contributed by atoms with van der Waals surface area (Å²) in [6.07, 6.45) is 5.54. The van der Waals surface area contributed by atoms with Crippen molar-refractivity contribution in [2.45, 2.75) is 59.7 Å². The first-order valence-electron chi connectivity index (χ1n) is 14.3. The van der Waals surface area contributed by atoms with E-state index in [2.05, 4.69) is 50.4 Å². The summed E-state index contributed by atoms with van der Waals surface area (Å²) in [5, 5.41) is 7.28. The quantitative estimate of drug-likeness (QED) is 0.299. The van der Waals surface area contributed by atoms with Crippen LogP contribution >= 0.6 is 12.6 Å². The van der Waals surface area contributed by atoms with Crippen molar-refractivity contribution in [3.05, 3.63) is 80.0 Å². The van der Waals surface area contributed by atoms with E-state index in [0.717, 1.165) is 54.0 Å². The normalized spacial score (nSPS) is 15.0. The first kappa shape index (κ1) is 28.2. The van der Waals surface area contributed by atoms with Crippen molar-refractivity contribution in [2.24, 2.45) is 13.0 Å². The number of aromatic nitrogens is 5. The van der Waals surface area contributed by atoms with Crippen molar-refractivity contribution in [1.29, 1.82) is 0 Å². The summed E-state index contributed by atoms with van der Waals surface area (Å²) < 4.78 is 7.02. The monoisotopic (exact) mass is 560 g/mol. The summed E-state index contributed by atoms with van der Waals surface area (Å²) in [5.41, 5.74) is 4.68. The lowest BCUT2D eigenvalue weighted by atomic mass is 10.0. The number of hydrogen-bond acceptors (Lipinski definition) is 5. The molecule has 8 nitrogen and oxygen atoms in total. The highest BCUT2D eigenvalue weighted by Crippen LogP contribution is 2.30. The number of benzene rings is 1. The lowest BCUT2D eigenvalue weighted by Crippen LogP contribution is -2.43. The van der Waals surface area contributed by atoms with Crippen molar-refractivity contribution in [3.8, 4) is 11.4 Å². The fourth-order valence-electron chi connectivity index (χ4n) is 5.82. The minimum atomic E-state index is -0.282. The lowest BCUT2D eigenvalue weighted by Gasteiger charge is -2.26. The highest BCUT2D eigenvalue weighted by Gasteiger charge is 2.26. The Morgan fingerprint density at radius 2 is 1.77 bits per heavy atom. The molecule has 0 bridgehead atoms. The standard InChI is InChI=1S/C31H40N6O2S/c1-22(2)19-36-29-27(30(38)35(31(36)39)18-17-34-15-8-5-9-16-34)28(26-13-10-14-33(26)4)37(32-29)20-24(21-40)25-12-7-6-11-23(25)3/h6-7,10-14,21-22,40H,5,8-9,15-20H2,1-4H3/b24-21-. The highest BCUT2D eigenvalue weighted by molar-refractivity contribution is 7.83. The van der Waals surface area contributed by atoms with Crippen molar-refractivity contribution in [1.82, 2.24) is 28.4 Å². The predicted molar refractivity (Wildman–Crippen MR) is 166 cm³/mol. The molecule has 0 atom stereocenters. The first-order chi connectivity index (χ1) is 19.3. The number of allylic oxidation sites excluding steroid dienone is 1. The number of hydrogen-bond donors (Lipinski definition) is 1. The van der Waals surface area contributed by atoms with E-state index in [9.17, 15) is 9.59 Å². The van der Waals surface area contributed by atoms with E-state index in [-0.39, 0.29) is 17.2 Å². The largest absolute Gasteiger partial charge is 0.349 e.